The van der Waals surface area contributed by atoms with Crippen molar-refractivity contribution in [3.63, 3.8) is 0 Å². The molecule has 2 N–H and O–H groups in total. The number of hydrogen-bond donors (Lipinski definition) is 2. The van der Waals surface area contributed by atoms with Crippen molar-refractivity contribution in [2.75, 3.05) is 16.3 Å². The smallest absolute Gasteiger partial charge is 0.399 e. The van der Waals surface area contributed by atoms with Crippen LogP contribution in [0.1, 0.15) is 27.7 Å². The maximum atomic E-state index is 11.6. The second-order valence-electron chi connectivity index (χ2n) is 7.76. The van der Waals surface area contributed by atoms with E-state index in [1.807, 2.05) is 64.1 Å². The zero-order chi connectivity index (χ0) is 19.9. The van der Waals surface area contributed by atoms with Gasteiger partial charge >= 0.3 is 7.12 Å². The number of nitrogens with one attached hydrogen (secondary N) is 2. The molecule has 0 aliphatic carbocycles. The van der Waals surface area contributed by atoms with Gasteiger partial charge in [0.1, 0.15) is 0 Å². The number of hydrogen-bond acceptors (Lipinski definition) is 5. The third-order valence-electron chi connectivity index (χ3n) is 4.91. The number of rotatable bonds is 5. The molecular formula is C19H25BN2O4S. The first kappa shape index (κ1) is 19.7. The maximum Gasteiger partial charge on any atom is 0.497 e. The fourth-order valence-electron chi connectivity index (χ4n) is 2.80. The number of benzene rings is 2. The van der Waals surface area contributed by atoms with E-state index < -0.39 is 28.3 Å². The number of para-hydroxylation sites is 1. The third kappa shape index (κ3) is 4.46. The molecule has 3 rings (SSSR count). The lowest BCUT2D eigenvalue weighted by Gasteiger charge is -2.32. The average molecular weight is 388 g/mol. The largest absolute Gasteiger partial charge is 0.497 e. The van der Waals surface area contributed by atoms with Gasteiger partial charge in [0, 0.05) is 22.5 Å². The van der Waals surface area contributed by atoms with Gasteiger partial charge in [-0.1, -0.05) is 18.2 Å². The number of anilines is 3. The maximum absolute atomic E-state index is 11.6. The van der Waals surface area contributed by atoms with Crippen LogP contribution in [0.25, 0.3) is 0 Å². The monoisotopic (exact) mass is 388 g/mol. The average Bonchev–Trinajstić information content (AvgIpc) is 2.76. The second-order valence-corrected chi connectivity index (χ2v) is 9.50. The fourth-order valence-corrected chi connectivity index (χ4v) is 3.35. The Morgan fingerprint density at radius 1 is 0.889 bits per heavy atom. The van der Waals surface area contributed by atoms with Crippen molar-refractivity contribution in [3.05, 3.63) is 48.5 Å². The van der Waals surface area contributed by atoms with Crippen LogP contribution in [0, 0.1) is 0 Å². The van der Waals surface area contributed by atoms with E-state index in [4.69, 9.17) is 9.31 Å². The Balaban J connectivity index is 2.01. The molecule has 1 fully saturated rings. The van der Waals surface area contributed by atoms with Gasteiger partial charge in [-0.05, 0) is 58.0 Å². The van der Waals surface area contributed by atoms with Gasteiger partial charge < -0.3 is 14.6 Å². The van der Waals surface area contributed by atoms with Crippen molar-refractivity contribution in [1.82, 2.24) is 0 Å². The van der Waals surface area contributed by atoms with Crippen LogP contribution >= 0.6 is 0 Å². The lowest BCUT2D eigenvalue weighted by Crippen LogP contribution is -2.41. The molecular weight excluding hydrogens is 363 g/mol. The van der Waals surface area contributed by atoms with E-state index in [0.29, 0.717) is 5.69 Å². The van der Waals surface area contributed by atoms with Gasteiger partial charge in [-0.2, -0.15) is 0 Å². The van der Waals surface area contributed by atoms with E-state index >= 15 is 0 Å². The van der Waals surface area contributed by atoms with Gasteiger partial charge in [-0.15, -0.1) is 0 Å². The molecule has 27 heavy (non-hydrogen) atoms. The van der Waals surface area contributed by atoms with E-state index in [0.717, 1.165) is 23.1 Å². The number of sulfonamides is 1. The summed E-state index contributed by atoms with van der Waals surface area (Å²) in [4.78, 5) is 0. The summed E-state index contributed by atoms with van der Waals surface area (Å²) in [7, 11) is -4.01. The summed E-state index contributed by atoms with van der Waals surface area (Å²) in [5.41, 5.74) is 1.90. The van der Waals surface area contributed by atoms with Crippen LogP contribution in [-0.4, -0.2) is 33.0 Å². The molecule has 1 saturated heterocycles. The molecule has 0 saturated carbocycles. The second kappa shape index (κ2) is 6.85. The van der Waals surface area contributed by atoms with Crippen LogP contribution in [0.15, 0.2) is 48.5 Å². The van der Waals surface area contributed by atoms with E-state index in [9.17, 15) is 8.42 Å². The van der Waals surface area contributed by atoms with Gasteiger partial charge in [0.05, 0.1) is 17.5 Å². The summed E-state index contributed by atoms with van der Waals surface area (Å²) in [6.45, 7) is 7.93. The molecule has 1 heterocycles. The normalized spacial score (nSPS) is 18.3. The summed E-state index contributed by atoms with van der Waals surface area (Å²) < 4.78 is 38.1. The van der Waals surface area contributed by atoms with E-state index in [1.165, 1.54) is 0 Å². The topological polar surface area (TPSA) is 76.7 Å². The summed E-state index contributed by atoms with van der Waals surface area (Å²) in [5, 5.41) is 3.36. The van der Waals surface area contributed by atoms with Crippen molar-refractivity contribution in [3.8, 4) is 0 Å². The molecule has 6 nitrogen and oxygen atoms in total. The van der Waals surface area contributed by atoms with Gasteiger partial charge in [-0.25, -0.2) is 8.42 Å². The molecule has 0 atom stereocenters. The Kier molecular flexibility index (Phi) is 5.01. The SMILES string of the molecule is CC1(C)OB(c2cc(NS(C)(=O)=O)ccc2Nc2ccccc2)OC1(C)C. The Morgan fingerprint density at radius 3 is 2.04 bits per heavy atom. The Bertz CT molecular complexity index is 914. The molecule has 1 aliphatic heterocycles. The molecule has 1 aliphatic rings. The van der Waals surface area contributed by atoms with Gasteiger partial charge in [0.2, 0.25) is 10.0 Å². The zero-order valence-electron chi connectivity index (χ0n) is 16.2. The van der Waals surface area contributed by atoms with E-state index in [-0.39, 0.29) is 0 Å². The lowest BCUT2D eigenvalue weighted by molar-refractivity contribution is 0.00578. The van der Waals surface area contributed by atoms with Crippen molar-refractivity contribution in [1.29, 1.82) is 0 Å². The van der Waals surface area contributed by atoms with Crippen LogP contribution in [0.5, 0.6) is 0 Å². The highest BCUT2D eigenvalue weighted by molar-refractivity contribution is 7.92. The molecule has 0 aromatic heterocycles. The van der Waals surface area contributed by atoms with Crippen LogP contribution in [0.3, 0.4) is 0 Å². The first-order valence-corrected chi connectivity index (χ1v) is 10.7. The molecule has 2 aromatic rings. The van der Waals surface area contributed by atoms with Crippen molar-refractivity contribution in [2.45, 2.75) is 38.9 Å². The summed E-state index contributed by atoms with van der Waals surface area (Å²) in [5.74, 6) is 0. The lowest BCUT2D eigenvalue weighted by atomic mass is 9.77. The minimum Gasteiger partial charge on any atom is -0.399 e. The minimum atomic E-state index is -3.39. The summed E-state index contributed by atoms with van der Waals surface area (Å²) >= 11 is 0. The molecule has 144 valence electrons. The zero-order valence-corrected chi connectivity index (χ0v) is 17.1. The highest BCUT2D eigenvalue weighted by Gasteiger charge is 2.52. The molecule has 8 heteroatoms. The molecule has 0 bridgehead atoms. The predicted octanol–water partition coefficient (Wildman–Crippen LogP) is 3.10. The fraction of sp³-hybridized carbons (Fsp3) is 0.368. The Hall–Kier alpha value is -2.03. The Morgan fingerprint density at radius 2 is 1.48 bits per heavy atom. The molecule has 0 spiro atoms. The van der Waals surface area contributed by atoms with Gasteiger partial charge in [0.15, 0.2) is 0 Å². The van der Waals surface area contributed by atoms with Crippen LogP contribution < -0.4 is 15.5 Å². The Labute approximate surface area is 161 Å². The van der Waals surface area contributed by atoms with Crippen LogP contribution in [0.4, 0.5) is 17.1 Å². The molecule has 0 unspecified atom stereocenters. The summed E-state index contributed by atoms with van der Waals surface area (Å²) in [6.07, 6.45) is 1.12. The van der Waals surface area contributed by atoms with E-state index in [1.54, 1.807) is 12.1 Å². The van der Waals surface area contributed by atoms with Crippen molar-refractivity contribution in [2.24, 2.45) is 0 Å². The first-order valence-electron chi connectivity index (χ1n) is 8.76. The quantitative estimate of drug-likeness (QED) is 0.770. The highest BCUT2D eigenvalue weighted by Crippen LogP contribution is 2.37. The first-order chi connectivity index (χ1) is 12.5. The molecule has 0 radical (unpaired) electrons. The predicted molar refractivity (Wildman–Crippen MR) is 110 cm³/mol. The summed E-state index contributed by atoms with van der Waals surface area (Å²) in [6, 6.07) is 15.0. The van der Waals surface area contributed by atoms with Gasteiger partial charge in [-0.3, -0.25) is 4.72 Å². The minimum absolute atomic E-state index is 0.459. The molecule has 0 amide bonds. The van der Waals surface area contributed by atoms with Crippen molar-refractivity contribution < 1.29 is 17.7 Å². The standard InChI is InChI=1S/C19H25BN2O4S/c1-18(2)19(3,4)26-20(25-18)16-13-15(22-27(5,23)24)11-12-17(16)21-14-9-7-6-8-10-14/h6-13,21-22H,1-5H3. The third-order valence-corrected chi connectivity index (χ3v) is 5.52. The van der Waals surface area contributed by atoms with Crippen LogP contribution in [0.2, 0.25) is 0 Å². The van der Waals surface area contributed by atoms with E-state index in [2.05, 4.69) is 10.0 Å². The highest BCUT2D eigenvalue weighted by atomic mass is 32.2. The molecule has 2 aromatic carbocycles. The van der Waals surface area contributed by atoms with Crippen LogP contribution in [-0.2, 0) is 19.3 Å². The van der Waals surface area contributed by atoms with Gasteiger partial charge in [0.25, 0.3) is 0 Å². The van der Waals surface area contributed by atoms with Crippen molar-refractivity contribution >= 4 is 39.7 Å².